The minimum Gasteiger partial charge on any atom is -0.478 e. The summed E-state index contributed by atoms with van der Waals surface area (Å²) >= 11 is 0. The lowest BCUT2D eigenvalue weighted by Gasteiger charge is -2.41. The highest BCUT2D eigenvalue weighted by molar-refractivity contribution is 6.10. The lowest BCUT2D eigenvalue weighted by molar-refractivity contribution is -0.199. The van der Waals surface area contributed by atoms with E-state index in [9.17, 15) is 19.8 Å². The molecule has 0 saturated carbocycles. The second-order valence-corrected chi connectivity index (χ2v) is 6.56. The number of ether oxygens (including phenoxy) is 2. The van der Waals surface area contributed by atoms with E-state index in [2.05, 4.69) is 0 Å². The Kier molecular flexibility index (Phi) is 5.39. The van der Waals surface area contributed by atoms with Gasteiger partial charge in [-0.3, -0.25) is 0 Å². The van der Waals surface area contributed by atoms with Gasteiger partial charge in [-0.25, -0.2) is 9.59 Å². The number of methoxy groups -OCH3 is 2. The minimum atomic E-state index is -1.17. The Morgan fingerprint density at radius 1 is 1.04 bits per heavy atom. The molecule has 1 aromatic rings. The number of carboxylic acids is 2. The summed E-state index contributed by atoms with van der Waals surface area (Å²) in [6.07, 6.45) is 1.56. The largest absolute Gasteiger partial charge is 0.478 e. The van der Waals surface area contributed by atoms with Crippen LogP contribution >= 0.6 is 0 Å². The molecule has 0 radical (unpaired) electrons. The Morgan fingerprint density at radius 3 is 2.08 bits per heavy atom. The molecule has 140 valence electrons. The molecule has 1 unspecified atom stereocenters. The van der Waals surface area contributed by atoms with E-state index in [4.69, 9.17) is 9.47 Å². The van der Waals surface area contributed by atoms with Crippen LogP contribution in [0, 0.1) is 19.8 Å². The van der Waals surface area contributed by atoms with Gasteiger partial charge >= 0.3 is 11.9 Å². The molecule has 0 saturated heterocycles. The minimum absolute atomic E-state index is 0.0502. The molecule has 1 aliphatic rings. The van der Waals surface area contributed by atoms with E-state index in [1.807, 2.05) is 6.07 Å². The molecule has 2 rings (SSSR count). The smallest absolute Gasteiger partial charge is 0.336 e. The summed E-state index contributed by atoms with van der Waals surface area (Å²) in [5.74, 6) is -3.77. The van der Waals surface area contributed by atoms with Crippen LogP contribution in [0.1, 0.15) is 40.9 Å². The van der Waals surface area contributed by atoms with Crippen LogP contribution < -0.4 is 0 Å². The quantitative estimate of drug-likeness (QED) is 0.782. The average Bonchev–Trinajstić information content (AvgIpc) is 2.56. The molecule has 0 aromatic heterocycles. The normalized spacial score (nSPS) is 19.3. The molecule has 6 heteroatoms. The molecule has 6 nitrogen and oxygen atoms in total. The molecule has 0 bridgehead atoms. The van der Waals surface area contributed by atoms with Crippen molar-refractivity contribution in [3.05, 3.63) is 51.6 Å². The number of carbonyl (C=O) groups is 2. The first kappa shape index (κ1) is 19.9. The van der Waals surface area contributed by atoms with Crippen LogP contribution in [0.3, 0.4) is 0 Å². The van der Waals surface area contributed by atoms with Crippen LogP contribution in [0.25, 0.3) is 5.57 Å². The first-order chi connectivity index (χ1) is 12.1. The van der Waals surface area contributed by atoms with Gasteiger partial charge in [-0.05, 0) is 43.5 Å². The number of hydrogen-bond acceptors (Lipinski definition) is 4. The van der Waals surface area contributed by atoms with Crippen molar-refractivity contribution in [3.63, 3.8) is 0 Å². The van der Waals surface area contributed by atoms with Crippen LogP contribution in [0.4, 0.5) is 0 Å². The molecule has 1 atom stereocenters. The zero-order chi connectivity index (χ0) is 19.8. The van der Waals surface area contributed by atoms with E-state index in [-0.39, 0.29) is 17.1 Å². The Morgan fingerprint density at radius 2 is 1.62 bits per heavy atom. The number of hydrogen-bond donors (Lipinski definition) is 2. The third-order valence-corrected chi connectivity index (χ3v) is 4.98. The summed E-state index contributed by atoms with van der Waals surface area (Å²) in [7, 11) is 2.97. The Balaban J connectivity index is 2.96. The summed E-state index contributed by atoms with van der Waals surface area (Å²) in [5, 5.41) is 19.5. The van der Waals surface area contributed by atoms with Crippen molar-refractivity contribution in [1.29, 1.82) is 0 Å². The van der Waals surface area contributed by atoms with Gasteiger partial charge in [0.15, 0.2) is 5.79 Å². The zero-order valence-corrected chi connectivity index (χ0v) is 15.8. The van der Waals surface area contributed by atoms with Crippen molar-refractivity contribution >= 4 is 17.5 Å². The summed E-state index contributed by atoms with van der Waals surface area (Å²) in [4.78, 5) is 23.8. The first-order valence-electron chi connectivity index (χ1n) is 8.22. The highest BCUT2D eigenvalue weighted by Gasteiger charge is 2.45. The number of rotatable bonds is 5. The van der Waals surface area contributed by atoms with Gasteiger partial charge in [0, 0.05) is 31.3 Å². The van der Waals surface area contributed by atoms with E-state index >= 15 is 0 Å². The predicted octanol–water partition coefficient (Wildman–Crippen LogP) is 3.42. The molecular weight excluding hydrogens is 336 g/mol. The number of carboxylic acid groups (broad SMARTS) is 2. The maximum Gasteiger partial charge on any atom is 0.336 e. The number of aryl methyl sites for hydroxylation is 2. The van der Waals surface area contributed by atoms with Gasteiger partial charge in [-0.1, -0.05) is 19.1 Å². The highest BCUT2D eigenvalue weighted by atomic mass is 16.7. The van der Waals surface area contributed by atoms with Crippen molar-refractivity contribution in [2.24, 2.45) is 5.92 Å². The maximum absolute atomic E-state index is 11.9. The number of aromatic carboxylic acids is 1. The fourth-order valence-electron chi connectivity index (χ4n) is 3.89. The second kappa shape index (κ2) is 7.05. The molecule has 0 spiro atoms. The molecule has 2 N–H and O–H groups in total. The third kappa shape index (κ3) is 2.95. The van der Waals surface area contributed by atoms with Crippen LogP contribution in [0.2, 0.25) is 0 Å². The lowest BCUT2D eigenvalue weighted by atomic mass is 9.76. The van der Waals surface area contributed by atoms with Gasteiger partial charge in [0.25, 0.3) is 0 Å². The van der Waals surface area contributed by atoms with Gasteiger partial charge in [-0.2, -0.15) is 0 Å². The topological polar surface area (TPSA) is 93.1 Å². The van der Waals surface area contributed by atoms with Gasteiger partial charge in [0.2, 0.25) is 0 Å². The number of aliphatic carboxylic acids is 1. The summed E-state index contributed by atoms with van der Waals surface area (Å²) < 4.78 is 11.3. The zero-order valence-electron chi connectivity index (χ0n) is 15.8. The summed E-state index contributed by atoms with van der Waals surface area (Å²) in [5.41, 5.74) is 2.81. The molecule has 1 aliphatic carbocycles. The van der Waals surface area contributed by atoms with Crippen molar-refractivity contribution < 1.29 is 29.3 Å². The Hall–Kier alpha value is -2.44. The van der Waals surface area contributed by atoms with Crippen molar-refractivity contribution in [2.45, 2.75) is 33.5 Å². The maximum atomic E-state index is 11.9. The van der Waals surface area contributed by atoms with Crippen LogP contribution in [0.5, 0.6) is 0 Å². The van der Waals surface area contributed by atoms with Gasteiger partial charge in [-0.15, -0.1) is 0 Å². The van der Waals surface area contributed by atoms with Crippen LogP contribution in [-0.2, 0) is 14.3 Å². The van der Waals surface area contributed by atoms with Crippen molar-refractivity contribution in [3.8, 4) is 0 Å². The van der Waals surface area contributed by atoms with E-state index < -0.39 is 17.7 Å². The van der Waals surface area contributed by atoms with Gasteiger partial charge in [0.1, 0.15) is 0 Å². The predicted molar refractivity (Wildman–Crippen MR) is 97.1 cm³/mol. The lowest BCUT2D eigenvalue weighted by Crippen LogP contribution is -2.44. The molecule has 0 heterocycles. The monoisotopic (exact) mass is 360 g/mol. The first-order valence-corrected chi connectivity index (χ1v) is 8.22. The van der Waals surface area contributed by atoms with Crippen LogP contribution in [0.15, 0.2) is 29.4 Å². The molecular formula is C20H24O6. The summed E-state index contributed by atoms with van der Waals surface area (Å²) in [6, 6.07) is 3.38. The molecule has 0 fully saturated rings. The molecule has 26 heavy (non-hydrogen) atoms. The molecule has 0 aliphatic heterocycles. The molecule has 0 amide bonds. The van der Waals surface area contributed by atoms with Crippen molar-refractivity contribution in [2.75, 3.05) is 14.2 Å². The van der Waals surface area contributed by atoms with Crippen LogP contribution in [-0.4, -0.2) is 42.2 Å². The van der Waals surface area contributed by atoms with E-state index in [1.54, 1.807) is 39.8 Å². The van der Waals surface area contributed by atoms with Gasteiger partial charge in [0.05, 0.1) is 11.1 Å². The molecule has 1 aromatic carbocycles. The summed E-state index contributed by atoms with van der Waals surface area (Å²) in [6.45, 7) is 7.10. The SMILES string of the molecule is COC1(OC)C(C)=C(c2c(C)cc(C)cc2C(=O)O)C(C(=O)O)=CC1C. The van der Waals surface area contributed by atoms with Gasteiger partial charge < -0.3 is 19.7 Å². The van der Waals surface area contributed by atoms with E-state index in [0.717, 1.165) is 5.56 Å². The third-order valence-electron chi connectivity index (χ3n) is 4.98. The fraction of sp³-hybridized carbons (Fsp3) is 0.400. The number of benzene rings is 1. The highest BCUT2D eigenvalue weighted by Crippen LogP contribution is 2.45. The average molecular weight is 360 g/mol. The standard InChI is InChI=1S/C20H24O6/c1-10-7-11(2)16(14(8-10)18(21)22)17-13(4)20(25-5,26-6)12(3)9-15(17)19(23)24/h7-9,12H,1-6H3,(H,21,22)(H,23,24). The second-order valence-electron chi connectivity index (χ2n) is 6.56. The fourth-order valence-corrected chi connectivity index (χ4v) is 3.89. The van der Waals surface area contributed by atoms with E-state index in [1.165, 1.54) is 14.2 Å². The van der Waals surface area contributed by atoms with Crippen molar-refractivity contribution in [1.82, 2.24) is 0 Å². The Labute approximate surface area is 152 Å². The van der Waals surface area contributed by atoms with E-state index in [0.29, 0.717) is 22.3 Å². The Bertz CT molecular complexity index is 827.